The van der Waals surface area contributed by atoms with Gasteiger partial charge in [0.25, 0.3) is 0 Å². The molecule has 0 aliphatic heterocycles. The highest BCUT2D eigenvalue weighted by Gasteiger charge is 2.10. The zero-order valence-corrected chi connectivity index (χ0v) is 12.1. The van der Waals surface area contributed by atoms with Gasteiger partial charge in [0, 0.05) is 0 Å². The van der Waals surface area contributed by atoms with Crippen LogP contribution in [0.3, 0.4) is 0 Å². The molecule has 0 heterocycles. The number of nitrogens with one attached hydrogen (secondary N) is 1. The molecule has 0 saturated heterocycles. The number of rotatable bonds is 7. The van der Waals surface area contributed by atoms with Crippen LogP contribution in [0.1, 0.15) is 38.3 Å². The topological polar surface area (TPSA) is 12.0 Å². The second kappa shape index (κ2) is 7.52. The van der Waals surface area contributed by atoms with E-state index < -0.39 is 0 Å². The van der Waals surface area contributed by atoms with Crippen molar-refractivity contribution >= 4 is 0 Å². The number of halogens is 1. The maximum Gasteiger partial charge on any atom is 0.123 e. The minimum atomic E-state index is -0.124. The average molecular weight is 251 g/mol. The second-order valence-electron chi connectivity index (χ2n) is 5.60. The van der Waals surface area contributed by atoms with Gasteiger partial charge in [0.05, 0.1) is 0 Å². The molecule has 1 N–H and O–H groups in total. The van der Waals surface area contributed by atoms with Gasteiger partial charge in [-0.05, 0) is 61.5 Å². The molecule has 2 heteroatoms. The number of hydrogen-bond donors (Lipinski definition) is 1. The first kappa shape index (κ1) is 15.2. The van der Waals surface area contributed by atoms with Crippen molar-refractivity contribution in [2.24, 2.45) is 11.8 Å². The third-order valence-electron chi connectivity index (χ3n) is 3.38. The highest BCUT2D eigenvalue weighted by atomic mass is 19.1. The van der Waals surface area contributed by atoms with Crippen LogP contribution in [0.5, 0.6) is 0 Å². The Hall–Kier alpha value is -0.890. The summed E-state index contributed by atoms with van der Waals surface area (Å²) in [5.74, 6) is 1.14. The largest absolute Gasteiger partial charge is 0.316 e. The Balaban J connectivity index is 2.54. The summed E-state index contributed by atoms with van der Waals surface area (Å²) in [7, 11) is 0. The van der Waals surface area contributed by atoms with Crippen LogP contribution >= 0.6 is 0 Å². The predicted molar refractivity (Wildman–Crippen MR) is 76.3 cm³/mol. The zero-order valence-electron chi connectivity index (χ0n) is 12.1. The van der Waals surface area contributed by atoms with Gasteiger partial charge in [-0.1, -0.05) is 33.3 Å². The van der Waals surface area contributed by atoms with Gasteiger partial charge in [-0.3, -0.25) is 0 Å². The van der Waals surface area contributed by atoms with Crippen LogP contribution in [0.15, 0.2) is 18.2 Å². The van der Waals surface area contributed by atoms with E-state index in [9.17, 15) is 4.39 Å². The SMILES string of the molecule is CCC(CNCC(C)C)Cc1cc(F)ccc1C. The fourth-order valence-electron chi connectivity index (χ4n) is 2.11. The molecule has 1 aromatic carbocycles. The summed E-state index contributed by atoms with van der Waals surface area (Å²) >= 11 is 0. The van der Waals surface area contributed by atoms with Crippen molar-refractivity contribution in [3.05, 3.63) is 35.1 Å². The number of hydrogen-bond acceptors (Lipinski definition) is 1. The molecule has 102 valence electrons. The Kier molecular flexibility index (Phi) is 6.34. The maximum absolute atomic E-state index is 13.2. The molecule has 0 aromatic heterocycles. The van der Waals surface area contributed by atoms with E-state index >= 15 is 0 Å². The van der Waals surface area contributed by atoms with Crippen molar-refractivity contribution in [1.29, 1.82) is 0 Å². The maximum atomic E-state index is 13.2. The van der Waals surface area contributed by atoms with Crippen LogP contribution in [0.4, 0.5) is 4.39 Å². The van der Waals surface area contributed by atoms with Gasteiger partial charge in [-0.15, -0.1) is 0 Å². The molecule has 0 radical (unpaired) electrons. The molecule has 1 aromatic rings. The molecule has 0 amide bonds. The number of aryl methyl sites for hydroxylation is 1. The lowest BCUT2D eigenvalue weighted by Crippen LogP contribution is -2.27. The molecule has 0 fully saturated rings. The lowest BCUT2D eigenvalue weighted by atomic mass is 9.94. The van der Waals surface area contributed by atoms with Gasteiger partial charge in [-0.25, -0.2) is 4.39 Å². The summed E-state index contributed by atoms with van der Waals surface area (Å²) in [6.45, 7) is 10.8. The summed E-state index contributed by atoms with van der Waals surface area (Å²) in [4.78, 5) is 0. The van der Waals surface area contributed by atoms with Crippen LogP contribution in [0.25, 0.3) is 0 Å². The Morgan fingerprint density at radius 1 is 1.22 bits per heavy atom. The first-order valence-corrected chi connectivity index (χ1v) is 6.98. The quantitative estimate of drug-likeness (QED) is 0.773. The minimum absolute atomic E-state index is 0.124. The van der Waals surface area contributed by atoms with Crippen LogP contribution in [0, 0.1) is 24.6 Å². The van der Waals surface area contributed by atoms with Crippen molar-refractivity contribution in [1.82, 2.24) is 5.32 Å². The van der Waals surface area contributed by atoms with Crippen LogP contribution < -0.4 is 5.32 Å². The van der Waals surface area contributed by atoms with Crippen molar-refractivity contribution < 1.29 is 4.39 Å². The molecule has 0 spiro atoms. The van der Waals surface area contributed by atoms with E-state index in [1.807, 2.05) is 6.07 Å². The molecule has 0 bridgehead atoms. The van der Waals surface area contributed by atoms with Gasteiger partial charge in [0.1, 0.15) is 5.82 Å². The van der Waals surface area contributed by atoms with E-state index in [0.717, 1.165) is 31.5 Å². The standard InChI is InChI=1S/C16H26FN/c1-5-14(11-18-10-12(2)3)8-15-9-16(17)7-6-13(15)4/h6-7,9,12,14,18H,5,8,10-11H2,1-4H3. The van der Waals surface area contributed by atoms with Crippen LogP contribution in [-0.2, 0) is 6.42 Å². The smallest absolute Gasteiger partial charge is 0.123 e. The third kappa shape index (κ3) is 5.18. The molecule has 0 saturated carbocycles. The highest BCUT2D eigenvalue weighted by molar-refractivity contribution is 5.27. The van der Waals surface area contributed by atoms with Crippen molar-refractivity contribution in [2.75, 3.05) is 13.1 Å². The first-order chi connectivity index (χ1) is 8.52. The molecule has 0 aliphatic rings. The molecule has 1 unspecified atom stereocenters. The predicted octanol–water partition coefficient (Wildman–Crippen LogP) is 3.95. The summed E-state index contributed by atoms with van der Waals surface area (Å²) < 4.78 is 13.2. The average Bonchev–Trinajstić information content (AvgIpc) is 2.32. The van der Waals surface area contributed by atoms with Crippen LogP contribution in [-0.4, -0.2) is 13.1 Å². The van der Waals surface area contributed by atoms with E-state index in [1.54, 1.807) is 6.07 Å². The van der Waals surface area contributed by atoms with Gasteiger partial charge in [-0.2, -0.15) is 0 Å². The molecule has 1 atom stereocenters. The Bertz CT molecular complexity index is 360. The minimum Gasteiger partial charge on any atom is -0.316 e. The monoisotopic (exact) mass is 251 g/mol. The van der Waals surface area contributed by atoms with E-state index in [1.165, 1.54) is 11.6 Å². The third-order valence-corrected chi connectivity index (χ3v) is 3.38. The van der Waals surface area contributed by atoms with Crippen molar-refractivity contribution in [2.45, 2.75) is 40.5 Å². The highest BCUT2D eigenvalue weighted by Crippen LogP contribution is 2.17. The van der Waals surface area contributed by atoms with E-state index in [0.29, 0.717) is 11.8 Å². The summed E-state index contributed by atoms with van der Waals surface area (Å²) in [5, 5.41) is 3.50. The lowest BCUT2D eigenvalue weighted by molar-refractivity contribution is 0.436. The van der Waals surface area contributed by atoms with E-state index in [-0.39, 0.29) is 5.82 Å². The number of benzene rings is 1. The van der Waals surface area contributed by atoms with Gasteiger partial charge in [0.2, 0.25) is 0 Å². The molecule has 1 rings (SSSR count). The fourth-order valence-corrected chi connectivity index (χ4v) is 2.11. The Morgan fingerprint density at radius 2 is 1.94 bits per heavy atom. The van der Waals surface area contributed by atoms with E-state index in [4.69, 9.17) is 0 Å². The van der Waals surface area contributed by atoms with Gasteiger partial charge in [0.15, 0.2) is 0 Å². The second-order valence-corrected chi connectivity index (χ2v) is 5.60. The summed E-state index contributed by atoms with van der Waals surface area (Å²) in [6, 6.07) is 5.09. The Morgan fingerprint density at radius 3 is 2.56 bits per heavy atom. The lowest BCUT2D eigenvalue weighted by Gasteiger charge is -2.18. The molecular weight excluding hydrogens is 225 g/mol. The zero-order chi connectivity index (χ0) is 13.5. The normalized spacial score (nSPS) is 13.0. The van der Waals surface area contributed by atoms with Gasteiger partial charge < -0.3 is 5.32 Å². The van der Waals surface area contributed by atoms with E-state index in [2.05, 4.69) is 33.0 Å². The molecular formula is C16H26FN. The molecule has 18 heavy (non-hydrogen) atoms. The van der Waals surface area contributed by atoms with Gasteiger partial charge >= 0.3 is 0 Å². The Labute approximate surface area is 111 Å². The van der Waals surface area contributed by atoms with Crippen molar-refractivity contribution in [3.8, 4) is 0 Å². The van der Waals surface area contributed by atoms with Crippen LogP contribution in [0.2, 0.25) is 0 Å². The summed E-state index contributed by atoms with van der Waals surface area (Å²) in [6.07, 6.45) is 2.09. The molecule has 1 nitrogen and oxygen atoms in total. The first-order valence-electron chi connectivity index (χ1n) is 6.98. The fraction of sp³-hybridized carbons (Fsp3) is 0.625. The molecule has 0 aliphatic carbocycles. The summed E-state index contributed by atoms with van der Waals surface area (Å²) in [5.41, 5.74) is 2.34. The van der Waals surface area contributed by atoms with Crippen molar-refractivity contribution in [3.63, 3.8) is 0 Å².